The van der Waals surface area contributed by atoms with Crippen LogP contribution < -0.4 is 5.32 Å². The van der Waals surface area contributed by atoms with E-state index in [1.165, 1.54) is 12.5 Å². The summed E-state index contributed by atoms with van der Waals surface area (Å²) in [5.41, 5.74) is 0.503. The fourth-order valence-corrected chi connectivity index (χ4v) is 3.21. The molecule has 2 amide bonds. The Balaban J connectivity index is 1.52. The summed E-state index contributed by atoms with van der Waals surface area (Å²) in [7, 11) is 0. The van der Waals surface area contributed by atoms with E-state index in [0.717, 1.165) is 13.1 Å². The van der Waals surface area contributed by atoms with Crippen molar-refractivity contribution in [1.29, 1.82) is 0 Å². The number of amides is 2. The molecule has 0 saturated carbocycles. The van der Waals surface area contributed by atoms with E-state index in [1.54, 1.807) is 15.9 Å². The number of hydrogen-bond acceptors (Lipinski definition) is 4. The van der Waals surface area contributed by atoms with E-state index in [-0.39, 0.29) is 11.8 Å². The zero-order chi connectivity index (χ0) is 16.2. The third kappa shape index (κ3) is 3.55. The molecule has 1 atom stereocenters. The van der Waals surface area contributed by atoms with Gasteiger partial charge < -0.3 is 19.5 Å². The van der Waals surface area contributed by atoms with E-state index in [9.17, 15) is 14.0 Å². The minimum absolute atomic E-state index is 0.110. The second-order valence-electron chi connectivity index (χ2n) is 6.12. The predicted octanol–water partition coefficient (Wildman–Crippen LogP) is 0.902. The fraction of sp³-hybridized carbons (Fsp3) is 0.625. The molecule has 126 valence electrons. The van der Waals surface area contributed by atoms with Crippen LogP contribution in [0.2, 0.25) is 0 Å². The highest BCUT2D eigenvalue weighted by Crippen LogP contribution is 2.21. The molecule has 2 fully saturated rings. The van der Waals surface area contributed by atoms with Gasteiger partial charge in [0.2, 0.25) is 0 Å². The summed E-state index contributed by atoms with van der Waals surface area (Å²) in [4.78, 5) is 27.7. The van der Waals surface area contributed by atoms with E-state index >= 15 is 0 Å². The molecule has 2 aliphatic rings. The van der Waals surface area contributed by atoms with Crippen molar-refractivity contribution in [2.45, 2.75) is 19.0 Å². The number of furan rings is 1. The van der Waals surface area contributed by atoms with Crippen molar-refractivity contribution in [3.05, 3.63) is 24.2 Å². The largest absolute Gasteiger partial charge is 0.472 e. The van der Waals surface area contributed by atoms with Crippen LogP contribution in [0, 0.1) is 5.92 Å². The van der Waals surface area contributed by atoms with Gasteiger partial charge in [-0.1, -0.05) is 0 Å². The van der Waals surface area contributed by atoms with Gasteiger partial charge in [0, 0.05) is 32.1 Å². The molecular weight excluding hydrogens is 301 g/mol. The van der Waals surface area contributed by atoms with E-state index in [0.29, 0.717) is 44.6 Å². The van der Waals surface area contributed by atoms with Crippen molar-refractivity contribution >= 4 is 11.8 Å². The van der Waals surface area contributed by atoms with E-state index in [2.05, 4.69) is 5.32 Å². The number of nitrogens with zero attached hydrogens (tertiary/aromatic N) is 2. The van der Waals surface area contributed by atoms with Crippen molar-refractivity contribution in [3.63, 3.8) is 0 Å². The number of piperazine rings is 1. The van der Waals surface area contributed by atoms with Gasteiger partial charge in [0.1, 0.15) is 6.26 Å². The summed E-state index contributed by atoms with van der Waals surface area (Å²) < 4.78 is 19.4. The Kier molecular flexibility index (Phi) is 4.95. The summed E-state index contributed by atoms with van der Waals surface area (Å²) in [6.45, 7) is 3.15. The zero-order valence-electron chi connectivity index (χ0n) is 13.0. The van der Waals surface area contributed by atoms with Crippen LogP contribution >= 0.6 is 0 Å². The second kappa shape index (κ2) is 7.12. The first-order valence-electron chi connectivity index (χ1n) is 8.12. The molecule has 0 bridgehead atoms. The Hall–Kier alpha value is -1.89. The van der Waals surface area contributed by atoms with Gasteiger partial charge in [-0.3, -0.25) is 9.59 Å². The van der Waals surface area contributed by atoms with Crippen LogP contribution in [-0.4, -0.2) is 67.1 Å². The number of carbonyl (C=O) groups excluding carboxylic acids is 2. The quantitative estimate of drug-likeness (QED) is 0.898. The van der Waals surface area contributed by atoms with E-state index < -0.39 is 12.1 Å². The number of halogens is 1. The first kappa shape index (κ1) is 16.0. The lowest BCUT2D eigenvalue weighted by Gasteiger charge is -2.36. The maximum atomic E-state index is 14.4. The number of alkyl halides is 1. The Morgan fingerprint density at radius 2 is 1.83 bits per heavy atom. The van der Waals surface area contributed by atoms with Gasteiger partial charge in [-0.25, -0.2) is 4.39 Å². The Morgan fingerprint density at radius 3 is 2.43 bits per heavy atom. The maximum absolute atomic E-state index is 14.4. The first-order chi connectivity index (χ1) is 11.2. The van der Waals surface area contributed by atoms with Gasteiger partial charge in [-0.2, -0.15) is 0 Å². The standard InChI is InChI=1S/C16H22FN3O3/c17-14(12-1-4-18-5-2-12)16(22)20-8-6-19(7-9-20)15(21)13-3-10-23-11-13/h3,10-12,14,18H,1-2,4-9H2. The highest BCUT2D eigenvalue weighted by Gasteiger charge is 2.34. The number of piperidine rings is 1. The summed E-state index contributed by atoms with van der Waals surface area (Å²) in [5.74, 6) is -0.720. The van der Waals surface area contributed by atoms with Crippen LogP contribution in [0.1, 0.15) is 23.2 Å². The fourth-order valence-electron chi connectivity index (χ4n) is 3.21. The zero-order valence-corrected chi connectivity index (χ0v) is 13.0. The van der Waals surface area contributed by atoms with Gasteiger partial charge in [0.05, 0.1) is 11.8 Å². The number of nitrogens with one attached hydrogen (secondary N) is 1. The smallest absolute Gasteiger partial charge is 0.257 e. The highest BCUT2D eigenvalue weighted by atomic mass is 19.1. The molecule has 6 nitrogen and oxygen atoms in total. The molecule has 7 heteroatoms. The monoisotopic (exact) mass is 323 g/mol. The number of rotatable bonds is 3. The van der Waals surface area contributed by atoms with Crippen LogP contribution in [0.4, 0.5) is 4.39 Å². The molecule has 0 aliphatic carbocycles. The van der Waals surface area contributed by atoms with Crippen LogP contribution in [0.25, 0.3) is 0 Å². The van der Waals surface area contributed by atoms with Gasteiger partial charge >= 0.3 is 0 Å². The molecule has 23 heavy (non-hydrogen) atoms. The lowest BCUT2D eigenvalue weighted by atomic mass is 9.92. The summed E-state index contributed by atoms with van der Waals surface area (Å²) >= 11 is 0. The molecular formula is C16H22FN3O3. The minimum Gasteiger partial charge on any atom is -0.472 e. The van der Waals surface area contributed by atoms with Gasteiger partial charge in [-0.05, 0) is 32.0 Å². The molecule has 3 rings (SSSR count). The van der Waals surface area contributed by atoms with Crippen molar-refractivity contribution in [3.8, 4) is 0 Å². The average Bonchev–Trinajstić information content (AvgIpc) is 3.15. The van der Waals surface area contributed by atoms with Crippen LogP contribution in [0.15, 0.2) is 23.0 Å². The van der Waals surface area contributed by atoms with Crippen molar-refractivity contribution in [2.24, 2.45) is 5.92 Å². The molecule has 2 aliphatic heterocycles. The Bertz CT molecular complexity index is 535. The third-order valence-corrected chi connectivity index (χ3v) is 4.68. The average molecular weight is 323 g/mol. The summed E-state index contributed by atoms with van der Waals surface area (Å²) in [5, 5.41) is 3.18. The molecule has 0 aromatic carbocycles. The van der Waals surface area contributed by atoms with Crippen LogP contribution in [0.3, 0.4) is 0 Å². The number of hydrogen-bond donors (Lipinski definition) is 1. The van der Waals surface area contributed by atoms with Crippen LogP contribution in [0.5, 0.6) is 0 Å². The van der Waals surface area contributed by atoms with Crippen molar-refractivity contribution < 1.29 is 18.4 Å². The Labute approximate surface area is 134 Å². The van der Waals surface area contributed by atoms with Crippen molar-refractivity contribution in [1.82, 2.24) is 15.1 Å². The molecule has 1 unspecified atom stereocenters. The SMILES string of the molecule is O=C(c1ccoc1)N1CCN(C(=O)C(F)C2CCNCC2)CC1. The molecule has 3 heterocycles. The lowest BCUT2D eigenvalue weighted by molar-refractivity contribution is -0.140. The maximum Gasteiger partial charge on any atom is 0.257 e. The molecule has 2 saturated heterocycles. The molecule has 0 spiro atoms. The summed E-state index contributed by atoms with van der Waals surface area (Å²) in [6.07, 6.45) is 2.85. The van der Waals surface area contributed by atoms with Gasteiger partial charge in [-0.15, -0.1) is 0 Å². The normalized spacial score (nSPS) is 21.3. The molecule has 1 aromatic rings. The summed E-state index contributed by atoms with van der Waals surface area (Å²) in [6, 6.07) is 1.62. The molecule has 1 N–H and O–H groups in total. The second-order valence-corrected chi connectivity index (χ2v) is 6.12. The Morgan fingerprint density at radius 1 is 1.17 bits per heavy atom. The topological polar surface area (TPSA) is 65.8 Å². The molecule has 0 radical (unpaired) electrons. The van der Waals surface area contributed by atoms with Gasteiger partial charge in [0.25, 0.3) is 11.8 Å². The predicted molar refractivity (Wildman–Crippen MR) is 81.7 cm³/mol. The third-order valence-electron chi connectivity index (χ3n) is 4.68. The van der Waals surface area contributed by atoms with E-state index in [4.69, 9.17) is 4.42 Å². The number of carbonyl (C=O) groups is 2. The molecule has 1 aromatic heterocycles. The van der Waals surface area contributed by atoms with Crippen molar-refractivity contribution in [2.75, 3.05) is 39.3 Å². The van der Waals surface area contributed by atoms with Crippen LogP contribution in [-0.2, 0) is 4.79 Å². The minimum atomic E-state index is -1.42. The van der Waals surface area contributed by atoms with Gasteiger partial charge in [0.15, 0.2) is 6.17 Å². The first-order valence-corrected chi connectivity index (χ1v) is 8.12. The lowest BCUT2D eigenvalue weighted by Crippen LogP contribution is -2.53. The van der Waals surface area contributed by atoms with E-state index in [1.807, 2.05) is 0 Å². The highest BCUT2D eigenvalue weighted by molar-refractivity contribution is 5.94.